The Hall–Kier alpha value is 3.18. The molecule has 0 saturated carbocycles. The Bertz CT molecular complexity index is 3.90. The molecule has 0 amide bonds. The van der Waals surface area contributed by atoms with Gasteiger partial charge >= 0.3 is 0 Å². The average molecular weight is 191 g/mol. The second kappa shape index (κ2) is 41.7. The minimum absolute atomic E-state index is 0. The van der Waals surface area contributed by atoms with E-state index < -0.39 is 0 Å². The molecule has 0 aliphatic heterocycles. The van der Waals surface area contributed by atoms with Crippen molar-refractivity contribution >= 4 is 86.8 Å². The van der Waals surface area contributed by atoms with Gasteiger partial charge in [-0.1, -0.05) is 0 Å². The standard InChI is InChI=1S/5Al.Fe. The van der Waals surface area contributed by atoms with Gasteiger partial charge in [0, 0.05) is 104 Å². The van der Waals surface area contributed by atoms with Gasteiger partial charge < -0.3 is 0 Å². The Kier molecular flexibility index (Phi) is 422. The summed E-state index contributed by atoms with van der Waals surface area (Å²) in [7, 11) is 0. The molecule has 0 bridgehead atoms. The van der Waals surface area contributed by atoms with Crippen LogP contribution in [0.2, 0.25) is 0 Å². The summed E-state index contributed by atoms with van der Waals surface area (Å²) in [4.78, 5) is 0. The summed E-state index contributed by atoms with van der Waals surface area (Å²) in [6, 6.07) is 0. The molecule has 0 N–H and O–H groups in total. The van der Waals surface area contributed by atoms with Crippen molar-refractivity contribution in [1.29, 1.82) is 0 Å². The maximum absolute atomic E-state index is 0. The van der Waals surface area contributed by atoms with Gasteiger partial charge in [-0.25, -0.2) is 0 Å². The fourth-order valence-corrected chi connectivity index (χ4v) is 0. The summed E-state index contributed by atoms with van der Waals surface area (Å²) >= 11 is 0. The van der Waals surface area contributed by atoms with Gasteiger partial charge in [0.15, 0.2) is 0 Å². The molecule has 0 spiro atoms. The molecule has 23 valence electrons. The van der Waals surface area contributed by atoms with Crippen LogP contribution in [0.25, 0.3) is 0 Å². The zero-order valence-corrected chi connectivity index (χ0v) is 10.1. The summed E-state index contributed by atoms with van der Waals surface area (Å²) < 4.78 is 0. The third-order valence-corrected chi connectivity index (χ3v) is 0. The van der Waals surface area contributed by atoms with Gasteiger partial charge in [-0.15, -0.1) is 0 Å². The number of rotatable bonds is 0. The van der Waals surface area contributed by atoms with Crippen molar-refractivity contribution in [3.8, 4) is 0 Å². The van der Waals surface area contributed by atoms with Crippen LogP contribution >= 0.6 is 0 Å². The third-order valence-electron chi connectivity index (χ3n) is 0. The van der Waals surface area contributed by atoms with Crippen LogP contribution in [0.3, 0.4) is 0 Å². The summed E-state index contributed by atoms with van der Waals surface area (Å²) in [6.07, 6.45) is 0. The summed E-state index contributed by atoms with van der Waals surface area (Å²) in [5.41, 5.74) is 0. The van der Waals surface area contributed by atoms with E-state index in [2.05, 4.69) is 0 Å². The second-order valence-electron chi connectivity index (χ2n) is 0. The maximum atomic E-state index is 0. The molecule has 0 unspecified atom stereocenters. The zero-order valence-electron chi connectivity index (χ0n) is 3.24. The van der Waals surface area contributed by atoms with E-state index in [-0.39, 0.29) is 104 Å². The molecule has 6 heavy (non-hydrogen) atoms. The summed E-state index contributed by atoms with van der Waals surface area (Å²) in [6.45, 7) is 0. The van der Waals surface area contributed by atoms with Gasteiger partial charge in [0.1, 0.15) is 0 Å². The topological polar surface area (TPSA) is 0 Å². The smallest absolute Gasteiger partial charge is 0 e. The molecule has 0 aromatic carbocycles. The van der Waals surface area contributed by atoms with Crippen LogP contribution in [0.15, 0.2) is 0 Å². The maximum Gasteiger partial charge on any atom is 0 e. The van der Waals surface area contributed by atoms with Crippen LogP contribution < -0.4 is 0 Å². The van der Waals surface area contributed by atoms with Crippen molar-refractivity contribution in [3.63, 3.8) is 0 Å². The first-order valence-corrected chi connectivity index (χ1v) is 0. The van der Waals surface area contributed by atoms with Gasteiger partial charge in [0.2, 0.25) is 0 Å². The average Bonchev–Trinajstić information content (AvgIpc) is 0. The molecule has 0 aliphatic rings. The molecule has 15 radical (unpaired) electrons. The zero-order chi connectivity index (χ0) is 0. The first kappa shape index (κ1) is 60.7. The van der Waals surface area contributed by atoms with Gasteiger partial charge in [-0.3, -0.25) is 0 Å². The van der Waals surface area contributed by atoms with Gasteiger partial charge in [-0.05, 0) is 0 Å². The summed E-state index contributed by atoms with van der Waals surface area (Å²) in [5.74, 6) is 0. The monoisotopic (exact) mass is 191 g/mol. The fourth-order valence-electron chi connectivity index (χ4n) is 0. The Morgan fingerprint density at radius 3 is 0.333 bits per heavy atom. The first-order valence-electron chi connectivity index (χ1n) is 0. The molecular formula is Al5Fe. The van der Waals surface area contributed by atoms with Crippen LogP contribution in [-0.2, 0) is 17.1 Å². The van der Waals surface area contributed by atoms with E-state index in [9.17, 15) is 0 Å². The van der Waals surface area contributed by atoms with Crippen molar-refractivity contribution < 1.29 is 17.1 Å². The first-order chi connectivity index (χ1) is 0. The molecular weight excluding hydrogens is 191 g/mol. The van der Waals surface area contributed by atoms with E-state index in [1.54, 1.807) is 0 Å². The van der Waals surface area contributed by atoms with E-state index in [4.69, 9.17) is 0 Å². The Morgan fingerprint density at radius 1 is 0.333 bits per heavy atom. The molecule has 0 fully saturated rings. The molecule has 0 aromatic rings. The molecule has 0 aromatic heterocycles. The van der Waals surface area contributed by atoms with Gasteiger partial charge in [0.05, 0.1) is 0 Å². The molecule has 0 atom stereocenters. The molecule has 0 nitrogen and oxygen atoms in total. The third kappa shape index (κ3) is 27.1. The Morgan fingerprint density at radius 2 is 0.333 bits per heavy atom. The Balaban J connectivity index is 0. The molecule has 0 heterocycles. The van der Waals surface area contributed by atoms with Gasteiger partial charge in [0.25, 0.3) is 0 Å². The van der Waals surface area contributed by atoms with E-state index in [1.165, 1.54) is 0 Å². The van der Waals surface area contributed by atoms with E-state index in [0.717, 1.165) is 0 Å². The molecule has 0 rings (SSSR count). The van der Waals surface area contributed by atoms with Crippen LogP contribution in [0.4, 0.5) is 0 Å². The molecule has 0 saturated heterocycles. The van der Waals surface area contributed by atoms with Gasteiger partial charge in [-0.2, -0.15) is 0 Å². The van der Waals surface area contributed by atoms with Crippen molar-refractivity contribution in [2.75, 3.05) is 0 Å². The predicted molar refractivity (Wildman–Crippen MR) is 28.8 cm³/mol. The minimum Gasteiger partial charge on any atom is 0 e. The largest absolute Gasteiger partial charge is 0 e. The second-order valence-corrected chi connectivity index (χ2v) is 0. The van der Waals surface area contributed by atoms with E-state index >= 15 is 0 Å². The number of hydrogen-bond donors (Lipinski definition) is 0. The van der Waals surface area contributed by atoms with Crippen LogP contribution in [0, 0.1) is 0 Å². The normalized spacial score (nSPS) is 0. The SMILES string of the molecule is [Al].[Al].[Al].[Al].[Al].[Fe]. The molecule has 6 heteroatoms. The van der Waals surface area contributed by atoms with Crippen molar-refractivity contribution in [2.45, 2.75) is 0 Å². The predicted octanol–water partition coefficient (Wildman–Crippen LogP) is -1.91. The Labute approximate surface area is 102 Å². The van der Waals surface area contributed by atoms with Crippen molar-refractivity contribution in [1.82, 2.24) is 0 Å². The van der Waals surface area contributed by atoms with Crippen molar-refractivity contribution in [2.24, 2.45) is 0 Å². The van der Waals surface area contributed by atoms with Crippen LogP contribution in [-0.4, -0.2) is 86.8 Å². The van der Waals surface area contributed by atoms with E-state index in [0.29, 0.717) is 0 Å². The quantitative estimate of drug-likeness (QED) is 0.392. The van der Waals surface area contributed by atoms with E-state index in [1.807, 2.05) is 0 Å². The van der Waals surface area contributed by atoms with Crippen molar-refractivity contribution in [3.05, 3.63) is 0 Å². The van der Waals surface area contributed by atoms with Crippen LogP contribution in [0.1, 0.15) is 0 Å². The fraction of sp³-hybridized carbons (Fsp3) is 0. The number of hydrogen-bond acceptors (Lipinski definition) is 0. The summed E-state index contributed by atoms with van der Waals surface area (Å²) in [5, 5.41) is 0. The molecule has 0 aliphatic carbocycles. The van der Waals surface area contributed by atoms with Crippen LogP contribution in [0.5, 0.6) is 0 Å². The minimum atomic E-state index is 0.